The molecule has 0 amide bonds. The van der Waals surface area contributed by atoms with Gasteiger partial charge in [-0.25, -0.2) is 0 Å². The molecule has 17 heavy (non-hydrogen) atoms. The van der Waals surface area contributed by atoms with E-state index in [1.165, 1.54) is 29.3 Å². The molecule has 0 aliphatic heterocycles. The highest BCUT2D eigenvalue weighted by atomic mass is 15.0. The van der Waals surface area contributed by atoms with Crippen molar-refractivity contribution in [1.82, 2.24) is 4.57 Å². The molecule has 1 aliphatic carbocycles. The SMILES string of the molecule is CC(C)(N)c1cccc2ccn(CC3CC3)c12. The van der Waals surface area contributed by atoms with E-state index in [1.807, 2.05) is 0 Å². The molecule has 1 heterocycles. The molecular weight excluding hydrogens is 208 g/mol. The fourth-order valence-electron chi connectivity index (χ4n) is 2.51. The van der Waals surface area contributed by atoms with Crippen LogP contribution in [0.5, 0.6) is 0 Å². The number of nitrogens with two attached hydrogens (primary N) is 1. The summed E-state index contributed by atoms with van der Waals surface area (Å²) in [7, 11) is 0. The predicted molar refractivity (Wildman–Crippen MR) is 71.9 cm³/mol. The Hall–Kier alpha value is -1.28. The summed E-state index contributed by atoms with van der Waals surface area (Å²) in [5, 5.41) is 1.31. The van der Waals surface area contributed by atoms with E-state index in [1.54, 1.807) is 0 Å². The first kappa shape index (κ1) is 10.8. The number of aromatic nitrogens is 1. The molecule has 3 rings (SSSR count). The summed E-state index contributed by atoms with van der Waals surface area (Å²) in [5.41, 5.74) is 8.58. The van der Waals surface area contributed by atoms with Gasteiger partial charge >= 0.3 is 0 Å². The van der Waals surface area contributed by atoms with Crippen molar-refractivity contribution in [2.75, 3.05) is 0 Å². The van der Waals surface area contributed by atoms with Gasteiger partial charge in [-0.05, 0) is 49.6 Å². The van der Waals surface area contributed by atoms with Crippen LogP contribution in [0, 0.1) is 5.92 Å². The number of benzene rings is 1. The summed E-state index contributed by atoms with van der Waals surface area (Å²) in [6, 6.07) is 8.64. The Morgan fingerprint density at radius 3 is 2.71 bits per heavy atom. The third kappa shape index (κ3) is 1.98. The molecule has 2 aromatic rings. The van der Waals surface area contributed by atoms with Gasteiger partial charge in [-0.2, -0.15) is 0 Å². The van der Waals surface area contributed by atoms with Crippen LogP contribution in [0.2, 0.25) is 0 Å². The molecule has 2 heteroatoms. The Morgan fingerprint density at radius 2 is 2.06 bits per heavy atom. The smallest absolute Gasteiger partial charge is 0.0531 e. The van der Waals surface area contributed by atoms with Crippen LogP contribution in [0.4, 0.5) is 0 Å². The molecule has 0 bridgehead atoms. The molecule has 1 aromatic carbocycles. The van der Waals surface area contributed by atoms with E-state index in [0.717, 1.165) is 12.5 Å². The number of hydrogen-bond acceptors (Lipinski definition) is 1. The lowest BCUT2D eigenvalue weighted by atomic mass is 9.93. The van der Waals surface area contributed by atoms with E-state index in [-0.39, 0.29) is 5.54 Å². The summed E-state index contributed by atoms with van der Waals surface area (Å²) in [5.74, 6) is 0.888. The van der Waals surface area contributed by atoms with E-state index >= 15 is 0 Å². The van der Waals surface area contributed by atoms with Crippen LogP contribution in [-0.2, 0) is 12.1 Å². The van der Waals surface area contributed by atoms with Crippen molar-refractivity contribution in [3.63, 3.8) is 0 Å². The number of rotatable bonds is 3. The first-order valence-electron chi connectivity index (χ1n) is 6.43. The standard InChI is InChI=1S/C15H20N2/c1-15(2,16)13-5-3-4-12-8-9-17(14(12)13)10-11-6-7-11/h3-5,8-9,11H,6-7,10,16H2,1-2H3. The van der Waals surface area contributed by atoms with Crippen molar-refractivity contribution < 1.29 is 0 Å². The molecule has 0 atom stereocenters. The normalized spacial score (nSPS) is 16.6. The average Bonchev–Trinajstić information content (AvgIpc) is 2.97. The van der Waals surface area contributed by atoms with Crippen LogP contribution in [0.3, 0.4) is 0 Å². The second-order valence-corrected chi connectivity index (χ2v) is 5.88. The van der Waals surface area contributed by atoms with Crippen LogP contribution in [0.15, 0.2) is 30.5 Å². The zero-order valence-electron chi connectivity index (χ0n) is 10.6. The van der Waals surface area contributed by atoms with Gasteiger partial charge in [0.15, 0.2) is 0 Å². The lowest BCUT2D eigenvalue weighted by Gasteiger charge is -2.22. The van der Waals surface area contributed by atoms with E-state index in [4.69, 9.17) is 5.73 Å². The molecule has 2 nitrogen and oxygen atoms in total. The monoisotopic (exact) mass is 228 g/mol. The first-order valence-corrected chi connectivity index (χ1v) is 6.43. The minimum absolute atomic E-state index is 0.279. The highest BCUT2D eigenvalue weighted by molar-refractivity contribution is 5.84. The van der Waals surface area contributed by atoms with E-state index < -0.39 is 0 Å². The van der Waals surface area contributed by atoms with Gasteiger partial charge in [0.05, 0.1) is 5.52 Å². The average molecular weight is 228 g/mol. The highest BCUT2D eigenvalue weighted by Gasteiger charge is 2.24. The Morgan fingerprint density at radius 1 is 1.29 bits per heavy atom. The van der Waals surface area contributed by atoms with Gasteiger partial charge in [0.1, 0.15) is 0 Å². The van der Waals surface area contributed by atoms with Crippen LogP contribution in [-0.4, -0.2) is 4.57 Å². The fourth-order valence-corrected chi connectivity index (χ4v) is 2.51. The molecule has 0 saturated heterocycles. The Labute approximate surface area is 102 Å². The van der Waals surface area contributed by atoms with Gasteiger partial charge in [0.2, 0.25) is 0 Å². The van der Waals surface area contributed by atoms with Gasteiger partial charge in [0.25, 0.3) is 0 Å². The maximum Gasteiger partial charge on any atom is 0.0531 e. The zero-order chi connectivity index (χ0) is 12.0. The second-order valence-electron chi connectivity index (χ2n) is 5.88. The van der Waals surface area contributed by atoms with Crippen molar-refractivity contribution in [2.45, 2.75) is 38.8 Å². The fraction of sp³-hybridized carbons (Fsp3) is 0.467. The molecule has 90 valence electrons. The zero-order valence-corrected chi connectivity index (χ0v) is 10.6. The molecule has 0 radical (unpaired) electrons. The van der Waals surface area contributed by atoms with Crippen LogP contribution in [0.1, 0.15) is 32.3 Å². The molecule has 1 aliphatic rings. The van der Waals surface area contributed by atoms with Crippen molar-refractivity contribution in [3.05, 3.63) is 36.0 Å². The van der Waals surface area contributed by atoms with Crippen molar-refractivity contribution in [1.29, 1.82) is 0 Å². The van der Waals surface area contributed by atoms with Gasteiger partial charge in [-0.15, -0.1) is 0 Å². The summed E-state index contributed by atoms with van der Waals surface area (Å²) >= 11 is 0. The Kier molecular flexibility index (Phi) is 2.30. The second kappa shape index (κ2) is 3.61. The molecule has 0 spiro atoms. The summed E-state index contributed by atoms with van der Waals surface area (Å²) in [6.45, 7) is 5.31. The molecular formula is C15H20N2. The van der Waals surface area contributed by atoms with Crippen LogP contribution >= 0.6 is 0 Å². The van der Waals surface area contributed by atoms with Crippen LogP contribution in [0.25, 0.3) is 10.9 Å². The highest BCUT2D eigenvalue weighted by Crippen LogP contribution is 2.34. The maximum atomic E-state index is 6.28. The maximum absolute atomic E-state index is 6.28. The third-order valence-corrected chi connectivity index (χ3v) is 3.63. The molecule has 1 fully saturated rings. The van der Waals surface area contributed by atoms with E-state index in [9.17, 15) is 0 Å². The lowest BCUT2D eigenvalue weighted by Crippen LogP contribution is -2.29. The molecule has 1 aromatic heterocycles. The topological polar surface area (TPSA) is 30.9 Å². The number of nitrogens with zero attached hydrogens (tertiary/aromatic N) is 1. The van der Waals surface area contributed by atoms with Crippen molar-refractivity contribution in [3.8, 4) is 0 Å². The quantitative estimate of drug-likeness (QED) is 0.859. The van der Waals surface area contributed by atoms with Crippen molar-refractivity contribution in [2.24, 2.45) is 11.7 Å². The van der Waals surface area contributed by atoms with Crippen LogP contribution < -0.4 is 5.73 Å². The van der Waals surface area contributed by atoms with Gasteiger partial charge in [-0.3, -0.25) is 0 Å². The molecule has 0 unspecified atom stereocenters. The predicted octanol–water partition coefficient (Wildman–Crippen LogP) is 3.25. The number of hydrogen-bond donors (Lipinski definition) is 1. The van der Waals surface area contributed by atoms with Gasteiger partial charge in [0, 0.05) is 18.3 Å². The summed E-state index contributed by atoms with van der Waals surface area (Å²) in [6.07, 6.45) is 4.97. The minimum Gasteiger partial charge on any atom is -0.347 e. The Bertz CT molecular complexity index is 542. The molecule has 1 saturated carbocycles. The number of para-hydroxylation sites is 1. The van der Waals surface area contributed by atoms with Crippen molar-refractivity contribution >= 4 is 10.9 Å². The van der Waals surface area contributed by atoms with E-state index in [2.05, 4.69) is 48.9 Å². The van der Waals surface area contributed by atoms with E-state index in [0.29, 0.717) is 0 Å². The summed E-state index contributed by atoms with van der Waals surface area (Å²) < 4.78 is 2.39. The van der Waals surface area contributed by atoms with Gasteiger partial charge in [-0.1, -0.05) is 18.2 Å². The Balaban J connectivity index is 2.16. The largest absolute Gasteiger partial charge is 0.347 e. The molecule has 2 N–H and O–H groups in total. The third-order valence-electron chi connectivity index (χ3n) is 3.63. The van der Waals surface area contributed by atoms with Gasteiger partial charge < -0.3 is 10.3 Å². The lowest BCUT2D eigenvalue weighted by molar-refractivity contribution is 0.552. The number of fused-ring (bicyclic) bond motifs is 1. The summed E-state index contributed by atoms with van der Waals surface area (Å²) in [4.78, 5) is 0. The first-order chi connectivity index (χ1) is 8.05. The minimum atomic E-state index is -0.279.